The molecule has 31 heavy (non-hydrogen) atoms. The first-order chi connectivity index (χ1) is 14.2. The van der Waals surface area contributed by atoms with E-state index in [0.717, 1.165) is 44.9 Å². The van der Waals surface area contributed by atoms with Crippen LogP contribution < -0.4 is 0 Å². The molecule has 0 aromatic rings. The molecular formula is C21H36O8S2. The fourth-order valence-corrected chi connectivity index (χ4v) is 9.59. The lowest BCUT2D eigenvalue weighted by atomic mass is 9.44. The van der Waals surface area contributed by atoms with Gasteiger partial charge >= 0.3 is 20.8 Å². The minimum Gasteiger partial charge on any atom is -0.264 e. The third kappa shape index (κ3) is 4.45. The maximum atomic E-state index is 11.3. The van der Waals surface area contributed by atoms with E-state index in [1.807, 2.05) is 0 Å². The van der Waals surface area contributed by atoms with Crippen molar-refractivity contribution in [3.05, 3.63) is 0 Å². The Morgan fingerprint density at radius 3 is 2.13 bits per heavy atom. The van der Waals surface area contributed by atoms with Crippen molar-refractivity contribution >= 4 is 20.8 Å². The SMILES string of the molecule is C[C@@H](OS(=O)(=O)O)[C@H]1CC[C@H]2[C@@H]3CC[C@H]4C[C@@H](OS(=O)(=O)O)CC[C@]4(C)[C@H]3CC[C@]12C. The smallest absolute Gasteiger partial charge is 0.264 e. The van der Waals surface area contributed by atoms with Gasteiger partial charge in [-0.3, -0.25) is 9.11 Å². The van der Waals surface area contributed by atoms with Crippen LogP contribution in [0.4, 0.5) is 0 Å². The van der Waals surface area contributed by atoms with E-state index >= 15 is 0 Å². The van der Waals surface area contributed by atoms with Gasteiger partial charge in [-0.25, -0.2) is 8.37 Å². The second kappa shape index (κ2) is 7.91. The standard InChI is InChI=1S/C21H36O8S2/c1-13(28-30(22,23)24)17-6-7-18-16-5-4-14-12-15(29-31(25,26)27)8-10-20(14,2)19(16)9-11-21(17,18)3/h13-19H,4-12H2,1-3H3,(H,22,23,24)(H,25,26,27)/t13-,14+,15+,16+,17-,18+,19+,20+,21-/m1/s1. The quantitative estimate of drug-likeness (QED) is 0.564. The summed E-state index contributed by atoms with van der Waals surface area (Å²) in [6, 6.07) is 0. The molecule has 180 valence electrons. The van der Waals surface area contributed by atoms with Crippen LogP contribution in [-0.4, -0.2) is 38.1 Å². The fraction of sp³-hybridized carbons (Fsp3) is 1.00. The molecule has 4 aliphatic carbocycles. The maximum Gasteiger partial charge on any atom is 0.397 e. The Morgan fingerprint density at radius 2 is 1.48 bits per heavy atom. The lowest BCUT2D eigenvalue weighted by Crippen LogP contribution is -2.54. The zero-order chi connectivity index (χ0) is 22.8. The van der Waals surface area contributed by atoms with Crippen LogP contribution in [0.5, 0.6) is 0 Å². The van der Waals surface area contributed by atoms with Crippen molar-refractivity contribution in [1.82, 2.24) is 0 Å². The predicted octanol–water partition coefficient (Wildman–Crippen LogP) is 4.04. The molecule has 0 aromatic heterocycles. The Balaban J connectivity index is 1.50. The molecule has 0 spiro atoms. The highest BCUT2D eigenvalue weighted by Crippen LogP contribution is 2.68. The zero-order valence-corrected chi connectivity index (χ0v) is 20.2. The van der Waals surface area contributed by atoms with Gasteiger partial charge in [-0.05, 0) is 105 Å². The van der Waals surface area contributed by atoms with Gasteiger partial charge in [0.25, 0.3) is 0 Å². The molecule has 0 unspecified atom stereocenters. The Labute approximate surface area is 186 Å². The van der Waals surface area contributed by atoms with Gasteiger partial charge in [-0.2, -0.15) is 16.8 Å². The van der Waals surface area contributed by atoms with Gasteiger partial charge in [0.1, 0.15) is 0 Å². The summed E-state index contributed by atoms with van der Waals surface area (Å²) >= 11 is 0. The normalized spacial score (nSPS) is 46.6. The largest absolute Gasteiger partial charge is 0.397 e. The van der Waals surface area contributed by atoms with Gasteiger partial charge < -0.3 is 0 Å². The first-order valence-corrected chi connectivity index (χ1v) is 14.3. The average Bonchev–Trinajstić information content (AvgIpc) is 2.97. The molecule has 4 saturated carbocycles. The summed E-state index contributed by atoms with van der Waals surface area (Å²) in [5.41, 5.74) is 0.137. The van der Waals surface area contributed by atoms with E-state index in [2.05, 4.69) is 13.8 Å². The molecule has 4 fully saturated rings. The summed E-state index contributed by atoms with van der Waals surface area (Å²) in [7, 11) is -8.89. The third-order valence-corrected chi connectivity index (χ3v) is 10.9. The molecule has 0 saturated heterocycles. The van der Waals surface area contributed by atoms with Crippen LogP contribution in [0.2, 0.25) is 0 Å². The van der Waals surface area contributed by atoms with Crippen LogP contribution in [0.15, 0.2) is 0 Å². The molecule has 0 aromatic carbocycles. The van der Waals surface area contributed by atoms with Crippen LogP contribution in [0.25, 0.3) is 0 Å². The fourth-order valence-electron chi connectivity index (χ4n) is 8.55. The average molecular weight is 481 g/mol. The van der Waals surface area contributed by atoms with E-state index in [4.69, 9.17) is 17.5 Å². The number of fused-ring (bicyclic) bond motifs is 5. The molecule has 0 radical (unpaired) electrons. The highest BCUT2D eigenvalue weighted by molar-refractivity contribution is 7.81. The first kappa shape index (κ1) is 23.9. The Bertz CT molecular complexity index is 902. The van der Waals surface area contributed by atoms with Crippen molar-refractivity contribution in [3.8, 4) is 0 Å². The van der Waals surface area contributed by atoms with E-state index in [9.17, 15) is 16.8 Å². The predicted molar refractivity (Wildman–Crippen MR) is 114 cm³/mol. The van der Waals surface area contributed by atoms with Crippen LogP contribution in [0.1, 0.15) is 78.6 Å². The lowest BCUT2D eigenvalue weighted by Gasteiger charge is -2.61. The van der Waals surface area contributed by atoms with Crippen LogP contribution in [0, 0.1) is 40.4 Å². The molecule has 2 N–H and O–H groups in total. The van der Waals surface area contributed by atoms with Crippen LogP contribution in [0.3, 0.4) is 0 Å². The molecule has 4 rings (SSSR count). The lowest BCUT2D eigenvalue weighted by molar-refractivity contribution is -0.129. The van der Waals surface area contributed by atoms with Crippen LogP contribution in [-0.2, 0) is 29.2 Å². The van der Waals surface area contributed by atoms with Crippen molar-refractivity contribution in [2.24, 2.45) is 40.4 Å². The summed E-state index contributed by atoms with van der Waals surface area (Å²) in [4.78, 5) is 0. The Morgan fingerprint density at radius 1 is 0.839 bits per heavy atom. The number of hydrogen-bond donors (Lipinski definition) is 2. The Kier molecular flexibility index (Phi) is 6.09. The zero-order valence-electron chi connectivity index (χ0n) is 18.6. The minimum absolute atomic E-state index is 0.000248. The van der Waals surface area contributed by atoms with Crippen molar-refractivity contribution in [1.29, 1.82) is 0 Å². The summed E-state index contributed by atoms with van der Waals surface area (Å²) in [6.07, 6.45) is 7.38. The molecule has 0 bridgehead atoms. The molecule has 9 atom stereocenters. The molecule has 0 aliphatic heterocycles. The molecule has 10 heteroatoms. The van der Waals surface area contributed by atoms with Gasteiger partial charge in [0.15, 0.2) is 0 Å². The molecular weight excluding hydrogens is 444 g/mol. The molecule has 4 aliphatic rings. The second-order valence-electron chi connectivity index (χ2n) is 11.0. The molecule has 8 nitrogen and oxygen atoms in total. The van der Waals surface area contributed by atoms with Crippen LogP contribution >= 0.6 is 0 Å². The van der Waals surface area contributed by atoms with Crippen molar-refractivity contribution < 1.29 is 34.3 Å². The van der Waals surface area contributed by atoms with Crippen molar-refractivity contribution in [2.45, 2.75) is 90.8 Å². The van der Waals surface area contributed by atoms with E-state index < -0.39 is 33.0 Å². The monoisotopic (exact) mass is 480 g/mol. The first-order valence-electron chi connectivity index (χ1n) is 11.5. The van der Waals surface area contributed by atoms with Gasteiger partial charge in [0, 0.05) is 0 Å². The summed E-state index contributed by atoms with van der Waals surface area (Å²) in [6.45, 7) is 6.39. The number of rotatable bonds is 5. The van der Waals surface area contributed by atoms with Gasteiger partial charge in [0.2, 0.25) is 0 Å². The van der Waals surface area contributed by atoms with Crippen molar-refractivity contribution in [3.63, 3.8) is 0 Å². The van der Waals surface area contributed by atoms with Gasteiger partial charge in [0.05, 0.1) is 12.2 Å². The topological polar surface area (TPSA) is 127 Å². The van der Waals surface area contributed by atoms with E-state index in [1.165, 1.54) is 0 Å². The summed E-state index contributed by atoms with van der Waals surface area (Å²) < 4.78 is 73.0. The van der Waals surface area contributed by atoms with Gasteiger partial charge in [-0.1, -0.05) is 13.8 Å². The van der Waals surface area contributed by atoms with E-state index in [0.29, 0.717) is 36.5 Å². The molecule has 0 heterocycles. The highest BCUT2D eigenvalue weighted by Gasteiger charge is 2.61. The second-order valence-corrected chi connectivity index (χ2v) is 13.1. The number of hydrogen-bond acceptors (Lipinski definition) is 6. The highest BCUT2D eigenvalue weighted by atomic mass is 32.3. The van der Waals surface area contributed by atoms with E-state index in [1.54, 1.807) is 6.92 Å². The van der Waals surface area contributed by atoms with Crippen molar-refractivity contribution in [2.75, 3.05) is 0 Å². The maximum absolute atomic E-state index is 11.3. The Hall–Kier alpha value is -0.260. The van der Waals surface area contributed by atoms with Gasteiger partial charge in [-0.15, -0.1) is 0 Å². The third-order valence-electron chi connectivity index (χ3n) is 9.79. The summed E-state index contributed by atoms with van der Waals surface area (Å²) in [5.74, 6) is 2.13. The molecule has 0 amide bonds. The summed E-state index contributed by atoms with van der Waals surface area (Å²) in [5, 5.41) is 0. The van der Waals surface area contributed by atoms with E-state index in [-0.39, 0.29) is 16.7 Å². The minimum atomic E-state index is -4.47.